The van der Waals surface area contributed by atoms with Crippen molar-refractivity contribution in [1.29, 1.82) is 0 Å². The summed E-state index contributed by atoms with van der Waals surface area (Å²) in [5.41, 5.74) is 4.45. The molecule has 0 spiro atoms. The summed E-state index contributed by atoms with van der Waals surface area (Å²) in [4.78, 5) is 17.9. The van der Waals surface area contributed by atoms with Gasteiger partial charge in [-0.05, 0) is 54.0 Å². The molecule has 40 heavy (non-hydrogen) atoms. The summed E-state index contributed by atoms with van der Waals surface area (Å²) in [7, 11) is 1.62. The molecule has 2 aromatic carbocycles. The van der Waals surface area contributed by atoms with Gasteiger partial charge in [-0.3, -0.25) is 0 Å². The van der Waals surface area contributed by atoms with E-state index in [9.17, 15) is 4.79 Å². The van der Waals surface area contributed by atoms with Crippen molar-refractivity contribution < 1.29 is 19.0 Å². The van der Waals surface area contributed by atoms with Crippen LogP contribution in [-0.4, -0.2) is 40.2 Å². The van der Waals surface area contributed by atoms with E-state index in [4.69, 9.17) is 19.3 Å². The molecule has 1 aliphatic heterocycles. The highest BCUT2D eigenvalue weighted by Crippen LogP contribution is 2.40. The predicted octanol–water partition coefficient (Wildman–Crippen LogP) is 6.91. The van der Waals surface area contributed by atoms with E-state index < -0.39 is 6.04 Å². The third kappa shape index (κ3) is 6.63. The molecule has 8 nitrogen and oxygen atoms in total. The highest BCUT2D eigenvalue weighted by atomic mass is 32.2. The predicted molar refractivity (Wildman–Crippen MR) is 159 cm³/mol. The number of nitrogens with zero attached hydrogens (tertiary/aromatic N) is 3. The van der Waals surface area contributed by atoms with E-state index in [1.807, 2.05) is 32.0 Å². The average molecular weight is 565 g/mol. The van der Waals surface area contributed by atoms with Gasteiger partial charge in [-0.25, -0.2) is 9.48 Å². The van der Waals surface area contributed by atoms with E-state index in [0.29, 0.717) is 47.1 Å². The number of rotatable bonds is 11. The van der Waals surface area contributed by atoms with Gasteiger partial charge in [0.15, 0.2) is 11.5 Å². The third-order valence-electron chi connectivity index (χ3n) is 6.64. The highest BCUT2D eigenvalue weighted by molar-refractivity contribution is 7.99. The van der Waals surface area contributed by atoms with Gasteiger partial charge < -0.3 is 19.5 Å². The fraction of sp³-hybridized carbons (Fsp3) is 0.452. The Hall–Kier alpha value is -3.46. The number of methoxy groups -OCH3 is 1. The maximum absolute atomic E-state index is 13.3. The molecule has 1 aromatic heterocycles. The first-order valence-corrected chi connectivity index (χ1v) is 14.8. The Morgan fingerprint density at radius 1 is 1.07 bits per heavy atom. The second kappa shape index (κ2) is 12.8. The van der Waals surface area contributed by atoms with Crippen LogP contribution in [0.4, 0.5) is 5.95 Å². The number of thioether (sulfide) groups is 1. The van der Waals surface area contributed by atoms with Crippen LogP contribution in [-0.2, 0) is 21.6 Å². The van der Waals surface area contributed by atoms with Crippen LogP contribution in [0.2, 0.25) is 0 Å². The van der Waals surface area contributed by atoms with Crippen molar-refractivity contribution in [3.63, 3.8) is 0 Å². The average Bonchev–Trinajstić information content (AvgIpc) is 3.34. The van der Waals surface area contributed by atoms with Crippen molar-refractivity contribution in [3.8, 4) is 11.5 Å². The summed E-state index contributed by atoms with van der Waals surface area (Å²) in [6, 6.07) is 13.7. The number of nitrogens with one attached hydrogen (secondary N) is 1. The number of ether oxygens (including phenoxy) is 3. The summed E-state index contributed by atoms with van der Waals surface area (Å²) < 4.78 is 19.3. The monoisotopic (exact) mass is 564 g/mol. The van der Waals surface area contributed by atoms with Crippen LogP contribution in [0.15, 0.2) is 58.9 Å². The molecule has 1 atom stereocenters. The number of esters is 1. The summed E-state index contributed by atoms with van der Waals surface area (Å²) in [5, 5.41) is 8.68. The van der Waals surface area contributed by atoms with Crippen LogP contribution < -0.4 is 14.8 Å². The SMILES string of the molecule is CCCOC(=O)C1=C(C)Nc2nc(SCCC)nn2C1c1ccc(OCc2ccc(C(C)(C)C)cc2)c(OC)c1. The Labute approximate surface area is 241 Å². The molecule has 1 N–H and O–H groups in total. The number of carbonyl (C=O) groups excluding carboxylic acids is 1. The van der Waals surface area contributed by atoms with Crippen molar-refractivity contribution in [3.05, 3.63) is 70.4 Å². The lowest BCUT2D eigenvalue weighted by molar-refractivity contribution is -0.139. The van der Waals surface area contributed by atoms with Crippen LogP contribution >= 0.6 is 11.8 Å². The van der Waals surface area contributed by atoms with Crippen LogP contribution in [0.3, 0.4) is 0 Å². The molecule has 4 rings (SSSR count). The third-order valence-corrected chi connectivity index (χ3v) is 7.69. The first kappa shape index (κ1) is 29.5. The van der Waals surface area contributed by atoms with Gasteiger partial charge in [0.1, 0.15) is 12.6 Å². The summed E-state index contributed by atoms with van der Waals surface area (Å²) >= 11 is 1.59. The second-order valence-electron chi connectivity index (χ2n) is 10.9. The molecule has 214 valence electrons. The van der Waals surface area contributed by atoms with Gasteiger partial charge in [0.2, 0.25) is 11.1 Å². The minimum Gasteiger partial charge on any atom is -0.493 e. The molecule has 1 aliphatic rings. The maximum atomic E-state index is 13.3. The molecule has 1 unspecified atom stereocenters. The number of fused-ring (bicyclic) bond motifs is 1. The fourth-order valence-electron chi connectivity index (χ4n) is 4.47. The number of aromatic nitrogens is 3. The van der Waals surface area contributed by atoms with Crippen LogP contribution in [0.1, 0.15) is 77.1 Å². The Morgan fingerprint density at radius 2 is 1.82 bits per heavy atom. The molecular formula is C31H40N4O4S. The molecule has 3 aromatic rings. The molecular weight excluding hydrogens is 524 g/mol. The molecule has 9 heteroatoms. The zero-order valence-electron chi connectivity index (χ0n) is 24.5. The number of anilines is 1. The minimum atomic E-state index is -0.531. The molecule has 0 fully saturated rings. The lowest BCUT2D eigenvalue weighted by Gasteiger charge is -2.28. The maximum Gasteiger partial charge on any atom is 0.338 e. The molecule has 0 amide bonds. The van der Waals surface area contributed by atoms with Crippen molar-refractivity contribution in [2.45, 2.75) is 77.6 Å². The van der Waals surface area contributed by atoms with Gasteiger partial charge in [0.05, 0.1) is 19.3 Å². The normalized spacial score (nSPS) is 14.9. The van der Waals surface area contributed by atoms with Gasteiger partial charge in [0.25, 0.3) is 0 Å². The summed E-state index contributed by atoms with van der Waals surface area (Å²) in [5.74, 6) is 2.31. The first-order chi connectivity index (χ1) is 19.2. The van der Waals surface area contributed by atoms with E-state index in [2.05, 4.69) is 62.3 Å². The molecule has 2 heterocycles. The van der Waals surface area contributed by atoms with Crippen LogP contribution in [0.5, 0.6) is 11.5 Å². The van der Waals surface area contributed by atoms with E-state index in [-0.39, 0.29) is 11.4 Å². The van der Waals surface area contributed by atoms with Crippen LogP contribution in [0, 0.1) is 0 Å². The quantitative estimate of drug-likeness (QED) is 0.199. The Kier molecular flexibility index (Phi) is 9.45. The standard InChI is InChI=1S/C31H40N4O4S/c1-8-16-38-28(36)26-20(3)32-29-33-30(40-17-9-2)34-35(29)27(26)22-12-15-24(25(18-22)37-7)39-19-21-10-13-23(14-11-21)31(4,5)6/h10-15,18,27H,8-9,16-17,19H2,1-7H3,(H,32,33,34). The highest BCUT2D eigenvalue weighted by Gasteiger charge is 2.35. The molecule has 0 radical (unpaired) electrons. The van der Waals surface area contributed by atoms with E-state index in [1.165, 1.54) is 5.56 Å². The molecule has 0 bridgehead atoms. The number of allylic oxidation sites excluding steroid dienone is 1. The first-order valence-electron chi connectivity index (χ1n) is 13.8. The van der Waals surface area contributed by atoms with E-state index in [1.54, 1.807) is 23.6 Å². The fourth-order valence-corrected chi connectivity index (χ4v) is 5.15. The lowest BCUT2D eigenvalue weighted by atomic mass is 9.87. The zero-order chi connectivity index (χ0) is 28.9. The van der Waals surface area contributed by atoms with Gasteiger partial charge in [-0.15, -0.1) is 5.10 Å². The van der Waals surface area contributed by atoms with Crippen molar-refractivity contribution >= 4 is 23.7 Å². The van der Waals surface area contributed by atoms with Gasteiger partial charge in [0, 0.05) is 11.4 Å². The van der Waals surface area contributed by atoms with Gasteiger partial charge in [-0.2, -0.15) is 4.98 Å². The van der Waals surface area contributed by atoms with Crippen molar-refractivity contribution in [1.82, 2.24) is 14.8 Å². The van der Waals surface area contributed by atoms with Crippen molar-refractivity contribution in [2.75, 3.05) is 24.8 Å². The zero-order valence-corrected chi connectivity index (χ0v) is 25.4. The largest absolute Gasteiger partial charge is 0.493 e. The lowest BCUT2D eigenvalue weighted by Crippen LogP contribution is -2.29. The van der Waals surface area contributed by atoms with E-state index in [0.717, 1.165) is 29.7 Å². The Balaban J connectivity index is 1.65. The number of hydrogen-bond donors (Lipinski definition) is 1. The Morgan fingerprint density at radius 3 is 2.48 bits per heavy atom. The molecule has 0 saturated heterocycles. The minimum absolute atomic E-state index is 0.0983. The molecule has 0 saturated carbocycles. The smallest absolute Gasteiger partial charge is 0.338 e. The number of carbonyl (C=O) groups is 1. The number of benzene rings is 2. The van der Waals surface area contributed by atoms with E-state index >= 15 is 0 Å². The summed E-state index contributed by atoms with van der Waals surface area (Å²) in [6.45, 7) is 13.3. The van der Waals surface area contributed by atoms with Gasteiger partial charge >= 0.3 is 5.97 Å². The number of hydrogen-bond acceptors (Lipinski definition) is 8. The van der Waals surface area contributed by atoms with Gasteiger partial charge in [-0.1, -0.05) is 76.7 Å². The second-order valence-corrected chi connectivity index (χ2v) is 11.9. The molecule has 0 aliphatic carbocycles. The van der Waals surface area contributed by atoms with Crippen molar-refractivity contribution in [2.24, 2.45) is 0 Å². The van der Waals surface area contributed by atoms with Crippen LogP contribution in [0.25, 0.3) is 0 Å². The summed E-state index contributed by atoms with van der Waals surface area (Å²) in [6.07, 6.45) is 1.75. The Bertz CT molecular complexity index is 1360. The topological polar surface area (TPSA) is 87.5 Å².